The Labute approximate surface area is 109 Å². The zero-order valence-corrected chi connectivity index (χ0v) is 11.2. The second-order valence-electron chi connectivity index (χ2n) is 3.28. The number of nitrogens with two attached hydrogens (primary N) is 1. The number of thioether (sulfide) groups is 1. The largest absolute Gasteiger partial charge is 0.490 e. The number of nitro benzene ring substituents is 1. The van der Waals surface area contributed by atoms with Gasteiger partial charge in [-0.15, -0.1) is 11.8 Å². The molecule has 0 unspecified atom stereocenters. The number of nitro groups is 1. The highest BCUT2D eigenvalue weighted by Gasteiger charge is 2.20. The Morgan fingerprint density at radius 1 is 1.50 bits per heavy atom. The zero-order valence-electron chi connectivity index (χ0n) is 9.53. The van der Waals surface area contributed by atoms with Gasteiger partial charge in [-0.1, -0.05) is 6.07 Å². The normalized spacial score (nSPS) is 11.2. The van der Waals surface area contributed by atoms with Crippen molar-refractivity contribution in [2.45, 2.75) is 4.90 Å². The van der Waals surface area contributed by atoms with Gasteiger partial charge in [0.25, 0.3) is 0 Å². The van der Waals surface area contributed by atoms with Crippen molar-refractivity contribution in [2.75, 3.05) is 18.6 Å². The molecule has 2 N–H and O–H groups in total. The van der Waals surface area contributed by atoms with Crippen LogP contribution in [0.25, 0.3) is 0 Å². The van der Waals surface area contributed by atoms with Crippen LogP contribution in [0.4, 0.5) is 5.69 Å². The standard InChI is InChI=1S/C9H12N2O5S2/c1-16-7-3-2-4-8(9(7)11(12)13)17-5-6-18(10,14)15/h2-4H,5-6H2,1H3,(H2,10,14,15). The van der Waals surface area contributed by atoms with Crippen LogP contribution in [-0.2, 0) is 10.0 Å². The topological polar surface area (TPSA) is 113 Å². The number of para-hydroxylation sites is 1. The summed E-state index contributed by atoms with van der Waals surface area (Å²) in [6, 6.07) is 4.61. The van der Waals surface area contributed by atoms with Crippen molar-refractivity contribution >= 4 is 27.5 Å². The number of sulfonamides is 1. The Balaban J connectivity index is 2.92. The number of primary sulfonamides is 1. The molecule has 0 radical (unpaired) electrons. The van der Waals surface area contributed by atoms with Crippen LogP contribution in [0.15, 0.2) is 23.1 Å². The van der Waals surface area contributed by atoms with Gasteiger partial charge in [0.15, 0.2) is 5.75 Å². The molecule has 9 heteroatoms. The second-order valence-corrected chi connectivity index (χ2v) is 6.15. The fourth-order valence-corrected chi connectivity index (χ4v) is 3.20. The van der Waals surface area contributed by atoms with Crippen LogP contribution in [0.2, 0.25) is 0 Å². The molecule has 0 saturated heterocycles. The number of hydrogen-bond donors (Lipinski definition) is 1. The molecule has 100 valence electrons. The van der Waals surface area contributed by atoms with E-state index in [0.29, 0.717) is 4.90 Å². The Kier molecular flexibility index (Phi) is 4.93. The van der Waals surface area contributed by atoms with Crippen molar-refractivity contribution in [3.8, 4) is 5.75 Å². The highest BCUT2D eigenvalue weighted by molar-refractivity contribution is 8.00. The lowest BCUT2D eigenvalue weighted by Crippen LogP contribution is -2.17. The molecule has 0 aliphatic carbocycles. The van der Waals surface area contributed by atoms with Gasteiger partial charge in [0.2, 0.25) is 10.0 Å². The van der Waals surface area contributed by atoms with E-state index in [1.807, 2.05) is 0 Å². The third-order valence-electron chi connectivity index (χ3n) is 1.99. The van der Waals surface area contributed by atoms with E-state index in [2.05, 4.69) is 0 Å². The average molecular weight is 292 g/mol. The molecule has 0 aliphatic heterocycles. The molecule has 1 aromatic rings. The average Bonchev–Trinajstić information content (AvgIpc) is 2.26. The Morgan fingerprint density at radius 2 is 2.17 bits per heavy atom. The summed E-state index contributed by atoms with van der Waals surface area (Å²) in [5.74, 6) is 0.0411. The van der Waals surface area contributed by atoms with Crippen LogP contribution in [-0.4, -0.2) is 32.0 Å². The molecule has 0 atom stereocenters. The monoisotopic (exact) mass is 292 g/mol. The van der Waals surface area contributed by atoms with Gasteiger partial charge in [0, 0.05) is 5.75 Å². The maximum atomic E-state index is 10.9. The van der Waals surface area contributed by atoms with Gasteiger partial charge in [-0.2, -0.15) is 0 Å². The van der Waals surface area contributed by atoms with Crippen LogP contribution in [0, 0.1) is 10.1 Å². The molecular weight excluding hydrogens is 280 g/mol. The maximum Gasteiger partial charge on any atom is 0.324 e. The summed E-state index contributed by atoms with van der Waals surface area (Å²) in [6.07, 6.45) is 0. The predicted molar refractivity (Wildman–Crippen MR) is 68.3 cm³/mol. The van der Waals surface area contributed by atoms with Crippen LogP contribution in [0.5, 0.6) is 5.75 Å². The molecule has 18 heavy (non-hydrogen) atoms. The van der Waals surface area contributed by atoms with Gasteiger partial charge >= 0.3 is 5.69 Å². The number of methoxy groups -OCH3 is 1. The van der Waals surface area contributed by atoms with Gasteiger partial charge in [-0.25, -0.2) is 13.6 Å². The van der Waals surface area contributed by atoms with Gasteiger partial charge in [0.05, 0.1) is 22.7 Å². The third-order valence-corrected chi connectivity index (χ3v) is 4.07. The lowest BCUT2D eigenvalue weighted by molar-refractivity contribution is -0.388. The molecule has 0 aromatic heterocycles. The fraction of sp³-hybridized carbons (Fsp3) is 0.333. The summed E-state index contributed by atoms with van der Waals surface area (Å²) in [6.45, 7) is 0. The molecule has 0 aliphatic rings. The molecule has 0 fully saturated rings. The highest BCUT2D eigenvalue weighted by Crippen LogP contribution is 2.36. The molecule has 7 nitrogen and oxygen atoms in total. The van der Waals surface area contributed by atoms with Gasteiger partial charge in [0.1, 0.15) is 0 Å². The van der Waals surface area contributed by atoms with Gasteiger partial charge in [-0.05, 0) is 12.1 Å². The first-order valence-electron chi connectivity index (χ1n) is 4.80. The SMILES string of the molecule is COc1cccc(SCCS(N)(=O)=O)c1[N+](=O)[O-]. The third kappa shape index (κ3) is 4.17. The number of benzene rings is 1. The molecule has 1 rings (SSSR count). The second kappa shape index (κ2) is 6.03. The zero-order chi connectivity index (χ0) is 13.8. The van der Waals surface area contributed by atoms with E-state index in [1.54, 1.807) is 6.07 Å². The van der Waals surface area contributed by atoms with Crippen molar-refractivity contribution in [1.82, 2.24) is 0 Å². The van der Waals surface area contributed by atoms with Crippen molar-refractivity contribution in [3.05, 3.63) is 28.3 Å². The number of nitrogens with zero attached hydrogens (tertiary/aromatic N) is 1. The predicted octanol–water partition coefficient (Wildman–Crippen LogP) is 0.984. The minimum Gasteiger partial charge on any atom is -0.490 e. The quantitative estimate of drug-likeness (QED) is 0.475. The molecular formula is C9H12N2O5S2. The first-order chi connectivity index (χ1) is 8.35. The molecule has 0 heterocycles. The number of ether oxygens (including phenoxy) is 1. The molecule has 0 amide bonds. The number of hydrogen-bond acceptors (Lipinski definition) is 6. The molecule has 0 spiro atoms. The van der Waals surface area contributed by atoms with E-state index in [0.717, 1.165) is 11.8 Å². The lowest BCUT2D eigenvalue weighted by atomic mass is 10.3. The van der Waals surface area contributed by atoms with Gasteiger partial charge < -0.3 is 4.74 Å². The number of rotatable bonds is 6. The Bertz CT molecular complexity index is 544. The van der Waals surface area contributed by atoms with Crippen molar-refractivity contribution in [1.29, 1.82) is 0 Å². The lowest BCUT2D eigenvalue weighted by Gasteiger charge is -2.06. The summed E-state index contributed by atoms with van der Waals surface area (Å²) in [4.78, 5) is 10.7. The van der Waals surface area contributed by atoms with E-state index in [1.165, 1.54) is 19.2 Å². The Hall–Kier alpha value is -1.32. The van der Waals surface area contributed by atoms with Crippen molar-refractivity contribution < 1.29 is 18.1 Å². The van der Waals surface area contributed by atoms with Crippen LogP contribution in [0.3, 0.4) is 0 Å². The van der Waals surface area contributed by atoms with Crippen molar-refractivity contribution in [3.63, 3.8) is 0 Å². The van der Waals surface area contributed by atoms with Crippen LogP contribution in [0.1, 0.15) is 0 Å². The highest BCUT2D eigenvalue weighted by atomic mass is 32.2. The first kappa shape index (κ1) is 14.7. The smallest absolute Gasteiger partial charge is 0.324 e. The summed E-state index contributed by atoms with van der Waals surface area (Å²) in [5, 5.41) is 15.8. The summed E-state index contributed by atoms with van der Waals surface area (Å²) >= 11 is 1.05. The van der Waals surface area contributed by atoms with E-state index >= 15 is 0 Å². The minimum absolute atomic E-state index is 0.139. The van der Waals surface area contributed by atoms with Crippen LogP contribution < -0.4 is 9.88 Å². The summed E-state index contributed by atoms with van der Waals surface area (Å²) < 4.78 is 26.4. The van der Waals surface area contributed by atoms with E-state index in [4.69, 9.17) is 9.88 Å². The molecule has 1 aromatic carbocycles. The molecule has 0 saturated carbocycles. The minimum atomic E-state index is -3.56. The van der Waals surface area contributed by atoms with E-state index < -0.39 is 14.9 Å². The summed E-state index contributed by atoms with van der Waals surface area (Å²) in [5.41, 5.74) is -0.167. The van der Waals surface area contributed by atoms with E-state index in [-0.39, 0.29) is 22.9 Å². The first-order valence-corrected chi connectivity index (χ1v) is 7.50. The summed E-state index contributed by atoms with van der Waals surface area (Å²) in [7, 11) is -2.23. The van der Waals surface area contributed by atoms with Gasteiger partial charge in [-0.3, -0.25) is 10.1 Å². The molecule has 0 bridgehead atoms. The van der Waals surface area contributed by atoms with Crippen molar-refractivity contribution in [2.24, 2.45) is 5.14 Å². The Morgan fingerprint density at radius 3 is 2.67 bits per heavy atom. The van der Waals surface area contributed by atoms with Crippen LogP contribution >= 0.6 is 11.8 Å². The van der Waals surface area contributed by atoms with E-state index in [9.17, 15) is 18.5 Å². The fourth-order valence-electron chi connectivity index (χ4n) is 1.23. The maximum absolute atomic E-state index is 10.9.